The summed E-state index contributed by atoms with van der Waals surface area (Å²) in [6.45, 7) is 9.40. The number of aromatic nitrogens is 1. The number of carbonyl (C=O) groups excluding carboxylic acids is 1. The molecule has 2 aromatic rings. The molecule has 0 atom stereocenters. The Morgan fingerprint density at radius 1 is 1.07 bits per heavy atom. The van der Waals surface area contributed by atoms with Gasteiger partial charge in [-0.25, -0.2) is 4.98 Å². The van der Waals surface area contributed by atoms with Gasteiger partial charge in [0.25, 0.3) is 5.91 Å². The van der Waals surface area contributed by atoms with E-state index in [0.29, 0.717) is 11.6 Å². The molecular weight excluding hydrogens is 393 g/mol. The van der Waals surface area contributed by atoms with Gasteiger partial charge in [0.15, 0.2) is 0 Å². The number of pyridine rings is 1. The number of halogens is 3. The maximum Gasteiger partial charge on any atom is 0.416 e. The van der Waals surface area contributed by atoms with Crippen LogP contribution < -0.4 is 10.2 Å². The number of hydrogen-bond donors (Lipinski definition) is 1. The van der Waals surface area contributed by atoms with Crippen LogP contribution in [0.4, 0.5) is 24.7 Å². The van der Waals surface area contributed by atoms with E-state index >= 15 is 0 Å². The van der Waals surface area contributed by atoms with Gasteiger partial charge in [0.2, 0.25) is 0 Å². The van der Waals surface area contributed by atoms with E-state index in [1.807, 2.05) is 6.07 Å². The number of piperazine rings is 1. The first-order chi connectivity index (χ1) is 14.2. The molecule has 1 aromatic carbocycles. The van der Waals surface area contributed by atoms with Crippen LogP contribution in [-0.2, 0) is 6.18 Å². The maximum atomic E-state index is 12.6. The average molecular weight is 420 g/mol. The van der Waals surface area contributed by atoms with E-state index in [1.165, 1.54) is 18.6 Å². The monoisotopic (exact) mass is 420 g/mol. The third-order valence-corrected chi connectivity index (χ3v) is 5.20. The third kappa shape index (κ3) is 5.95. The van der Waals surface area contributed by atoms with Crippen LogP contribution in [0.3, 0.4) is 0 Å². The first-order valence-corrected chi connectivity index (χ1v) is 10.1. The van der Waals surface area contributed by atoms with Gasteiger partial charge in [-0.3, -0.25) is 9.69 Å². The Hall–Kier alpha value is -2.61. The summed E-state index contributed by atoms with van der Waals surface area (Å²) < 4.78 is 37.9. The van der Waals surface area contributed by atoms with E-state index in [-0.39, 0.29) is 5.56 Å². The fourth-order valence-corrected chi connectivity index (χ4v) is 3.30. The fraction of sp³-hybridized carbons (Fsp3) is 0.455. The molecule has 8 heteroatoms. The normalized spacial score (nSPS) is 15.5. The van der Waals surface area contributed by atoms with Crippen LogP contribution in [0.25, 0.3) is 0 Å². The largest absolute Gasteiger partial charge is 0.416 e. The van der Waals surface area contributed by atoms with E-state index in [4.69, 9.17) is 0 Å². The number of alkyl halides is 3. The SMILES string of the molecule is CC(C)CCN1CCN(c2ccc(NC(=O)c3ccc(C(F)(F)F)cc3)cn2)CC1. The summed E-state index contributed by atoms with van der Waals surface area (Å²) in [4.78, 5) is 21.4. The van der Waals surface area contributed by atoms with Gasteiger partial charge in [-0.1, -0.05) is 13.8 Å². The number of amides is 1. The van der Waals surface area contributed by atoms with Gasteiger partial charge in [-0.05, 0) is 55.3 Å². The van der Waals surface area contributed by atoms with Gasteiger partial charge in [0, 0.05) is 31.7 Å². The van der Waals surface area contributed by atoms with Crippen LogP contribution >= 0.6 is 0 Å². The summed E-state index contributed by atoms with van der Waals surface area (Å²) in [6, 6.07) is 7.74. The summed E-state index contributed by atoms with van der Waals surface area (Å²) in [5, 5.41) is 2.67. The van der Waals surface area contributed by atoms with Crippen molar-refractivity contribution >= 4 is 17.4 Å². The number of anilines is 2. The molecule has 1 aromatic heterocycles. The van der Waals surface area contributed by atoms with Crippen molar-refractivity contribution in [2.24, 2.45) is 5.92 Å². The molecule has 1 aliphatic heterocycles. The Balaban J connectivity index is 1.53. The smallest absolute Gasteiger partial charge is 0.354 e. The molecule has 30 heavy (non-hydrogen) atoms. The lowest BCUT2D eigenvalue weighted by molar-refractivity contribution is -0.137. The van der Waals surface area contributed by atoms with Gasteiger partial charge in [-0.15, -0.1) is 0 Å². The zero-order valence-corrected chi connectivity index (χ0v) is 17.2. The second kappa shape index (κ2) is 9.47. The van der Waals surface area contributed by atoms with E-state index in [0.717, 1.165) is 50.7 Å². The van der Waals surface area contributed by atoms with Crippen LogP contribution in [-0.4, -0.2) is 48.5 Å². The predicted molar refractivity (Wildman–Crippen MR) is 112 cm³/mol. The number of hydrogen-bond acceptors (Lipinski definition) is 4. The number of benzene rings is 1. The first kappa shape index (κ1) is 22.1. The number of nitrogens with zero attached hydrogens (tertiary/aromatic N) is 3. The standard InChI is InChI=1S/C22H27F3N4O/c1-16(2)9-10-28-11-13-29(14-12-28)20-8-7-19(15-26-20)27-21(30)17-3-5-18(6-4-17)22(23,24)25/h3-8,15-16H,9-14H2,1-2H3,(H,27,30). The zero-order chi connectivity index (χ0) is 21.7. The molecule has 1 aliphatic rings. The van der Waals surface area contributed by atoms with Crippen molar-refractivity contribution in [1.82, 2.24) is 9.88 Å². The first-order valence-electron chi connectivity index (χ1n) is 10.1. The average Bonchev–Trinajstić information content (AvgIpc) is 2.72. The van der Waals surface area contributed by atoms with Crippen molar-refractivity contribution in [2.75, 3.05) is 42.9 Å². The number of nitrogens with one attached hydrogen (secondary N) is 1. The minimum Gasteiger partial charge on any atom is -0.354 e. The molecule has 0 radical (unpaired) electrons. The predicted octanol–water partition coefficient (Wildman–Crippen LogP) is 4.52. The summed E-state index contributed by atoms with van der Waals surface area (Å²) in [7, 11) is 0. The molecule has 1 saturated heterocycles. The lowest BCUT2D eigenvalue weighted by Crippen LogP contribution is -2.47. The molecule has 0 bridgehead atoms. The minimum absolute atomic E-state index is 0.157. The molecule has 5 nitrogen and oxygen atoms in total. The summed E-state index contributed by atoms with van der Waals surface area (Å²) in [5.74, 6) is 1.08. The van der Waals surface area contributed by atoms with Crippen LogP contribution in [0.1, 0.15) is 36.2 Å². The number of carbonyl (C=O) groups is 1. The second-order valence-corrected chi connectivity index (χ2v) is 7.95. The molecular formula is C22H27F3N4O. The van der Waals surface area contributed by atoms with Crippen molar-refractivity contribution < 1.29 is 18.0 Å². The topological polar surface area (TPSA) is 48.5 Å². The Morgan fingerprint density at radius 2 is 1.73 bits per heavy atom. The van der Waals surface area contributed by atoms with Gasteiger partial charge < -0.3 is 10.2 Å². The highest BCUT2D eigenvalue weighted by Crippen LogP contribution is 2.29. The highest BCUT2D eigenvalue weighted by molar-refractivity contribution is 6.04. The van der Waals surface area contributed by atoms with Crippen LogP contribution in [0.15, 0.2) is 42.6 Å². The zero-order valence-electron chi connectivity index (χ0n) is 17.2. The van der Waals surface area contributed by atoms with Crippen LogP contribution in [0, 0.1) is 5.92 Å². The quantitative estimate of drug-likeness (QED) is 0.747. The summed E-state index contributed by atoms with van der Waals surface area (Å²) in [5.41, 5.74) is -0.127. The lowest BCUT2D eigenvalue weighted by Gasteiger charge is -2.35. The molecule has 1 fully saturated rings. The summed E-state index contributed by atoms with van der Waals surface area (Å²) in [6.07, 6.45) is -1.65. The Morgan fingerprint density at radius 3 is 2.27 bits per heavy atom. The summed E-state index contributed by atoms with van der Waals surface area (Å²) >= 11 is 0. The van der Waals surface area contributed by atoms with Crippen LogP contribution in [0.5, 0.6) is 0 Å². The highest BCUT2D eigenvalue weighted by atomic mass is 19.4. The van der Waals surface area contributed by atoms with Crippen molar-refractivity contribution in [3.8, 4) is 0 Å². The Kier molecular flexibility index (Phi) is 6.97. The molecule has 2 heterocycles. The van der Waals surface area contributed by atoms with E-state index in [9.17, 15) is 18.0 Å². The van der Waals surface area contributed by atoms with Gasteiger partial charge in [0.1, 0.15) is 5.82 Å². The molecule has 1 amide bonds. The molecule has 0 aliphatic carbocycles. The molecule has 1 N–H and O–H groups in total. The van der Waals surface area contributed by atoms with E-state index in [2.05, 4.69) is 33.9 Å². The minimum atomic E-state index is -4.42. The molecule has 0 saturated carbocycles. The molecule has 0 spiro atoms. The third-order valence-electron chi connectivity index (χ3n) is 5.20. The number of rotatable bonds is 6. The molecule has 0 unspecified atom stereocenters. The van der Waals surface area contributed by atoms with Crippen molar-refractivity contribution in [1.29, 1.82) is 0 Å². The van der Waals surface area contributed by atoms with Crippen molar-refractivity contribution in [3.05, 3.63) is 53.7 Å². The molecule has 3 rings (SSSR count). The highest BCUT2D eigenvalue weighted by Gasteiger charge is 2.30. The Bertz CT molecular complexity index is 827. The van der Waals surface area contributed by atoms with Gasteiger partial charge >= 0.3 is 6.18 Å². The van der Waals surface area contributed by atoms with Gasteiger partial charge in [0.05, 0.1) is 17.4 Å². The van der Waals surface area contributed by atoms with Crippen LogP contribution in [0.2, 0.25) is 0 Å². The van der Waals surface area contributed by atoms with E-state index in [1.54, 1.807) is 12.3 Å². The van der Waals surface area contributed by atoms with Crippen molar-refractivity contribution in [3.63, 3.8) is 0 Å². The fourth-order valence-electron chi connectivity index (χ4n) is 3.30. The van der Waals surface area contributed by atoms with E-state index < -0.39 is 17.6 Å². The second-order valence-electron chi connectivity index (χ2n) is 7.95. The Labute approximate surface area is 174 Å². The maximum absolute atomic E-state index is 12.6. The lowest BCUT2D eigenvalue weighted by atomic mass is 10.1. The molecule has 162 valence electrons. The van der Waals surface area contributed by atoms with Gasteiger partial charge in [-0.2, -0.15) is 13.2 Å². The van der Waals surface area contributed by atoms with Crippen molar-refractivity contribution in [2.45, 2.75) is 26.4 Å².